The summed E-state index contributed by atoms with van der Waals surface area (Å²) in [5.74, 6) is -0.155. The Balaban J connectivity index is 1.92. The fourth-order valence-electron chi connectivity index (χ4n) is 1.82. The maximum absolute atomic E-state index is 11.3. The first-order chi connectivity index (χ1) is 10.7. The topological polar surface area (TPSA) is 85.6 Å². The number of aromatic nitrogens is 5. The number of amides is 1. The number of hydrogen-bond donors (Lipinski definition) is 1. The van der Waals surface area contributed by atoms with E-state index in [9.17, 15) is 4.79 Å². The number of carbonyl (C=O) groups is 1. The zero-order chi connectivity index (χ0) is 15.4. The minimum atomic E-state index is -0.155. The van der Waals surface area contributed by atoms with E-state index in [1.165, 1.54) is 18.7 Å². The van der Waals surface area contributed by atoms with E-state index in [1.54, 1.807) is 23.0 Å². The number of rotatable bonds is 4. The van der Waals surface area contributed by atoms with E-state index in [1.807, 2.05) is 30.3 Å². The zero-order valence-electron chi connectivity index (χ0n) is 11.7. The molecule has 0 bridgehead atoms. The van der Waals surface area contributed by atoms with Crippen LogP contribution in [-0.2, 0) is 4.79 Å². The Morgan fingerprint density at radius 1 is 1.18 bits per heavy atom. The number of para-hydroxylation sites is 1. The van der Waals surface area contributed by atoms with Gasteiger partial charge in [-0.1, -0.05) is 18.2 Å². The van der Waals surface area contributed by atoms with E-state index in [-0.39, 0.29) is 5.91 Å². The van der Waals surface area contributed by atoms with Crippen molar-refractivity contribution in [1.82, 2.24) is 25.2 Å². The predicted molar refractivity (Wildman–Crippen MR) is 81.8 cm³/mol. The summed E-state index contributed by atoms with van der Waals surface area (Å²) in [4.78, 5) is 15.5. The van der Waals surface area contributed by atoms with Crippen molar-refractivity contribution < 1.29 is 4.79 Å². The van der Waals surface area contributed by atoms with Gasteiger partial charge < -0.3 is 5.32 Å². The lowest BCUT2D eigenvalue weighted by Crippen LogP contribution is -2.07. The lowest BCUT2D eigenvalue weighted by molar-refractivity contribution is -0.114. The molecule has 1 N–H and O–H groups in total. The molecule has 3 aromatic rings. The van der Waals surface area contributed by atoms with Gasteiger partial charge in [0.05, 0.1) is 11.4 Å². The summed E-state index contributed by atoms with van der Waals surface area (Å²) in [5.41, 5.74) is 1.48. The van der Waals surface area contributed by atoms with Gasteiger partial charge in [0.1, 0.15) is 5.03 Å². The number of benzene rings is 1. The molecule has 3 rings (SSSR count). The summed E-state index contributed by atoms with van der Waals surface area (Å²) in [6.45, 7) is 1.45. The number of anilines is 1. The van der Waals surface area contributed by atoms with Crippen molar-refractivity contribution in [3.8, 4) is 5.69 Å². The van der Waals surface area contributed by atoms with Gasteiger partial charge in [-0.15, -0.1) is 5.10 Å². The molecule has 0 saturated carbocycles. The van der Waals surface area contributed by atoms with Gasteiger partial charge in [-0.2, -0.15) is 4.68 Å². The van der Waals surface area contributed by atoms with Crippen LogP contribution in [0.5, 0.6) is 0 Å². The molecule has 0 saturated heterocycles. The highest BCUT2D eigenvalue weighted by Gasteiger charge is 2.13. The van der Waals surface area contributed by atoms with Gasteiger partial charge in [0.2, 0.25) is 11.1 Å². The monoisotopic (exact) mass is 312 g/mol. The summed E-state index contributed by atoms with van der Waals surface area (Å²) < 4.78 is 1.62. The molecule has 2 heterocycles. The number of nitrogens with one attached hydrogen (secondary N) is 1. The third-order valence-electron chi connectivity index (χ3n) is 2.71. The van der Waals surface area contributed by atoms with Crippen LogP contribution in [-0.4, -0.2) is 31.1 Å². The molecule has 0 atom stereocenters. The third-order valence-corrected chi connectivity index (χ3v) is 3.67. The molecule has 0 fully saturated rings. The van der Waals surface area contributed by atoms with Crippen molar-refractivity contribution >= 4 is 23.4 Å². The number of tetrazole rings is 1. The van der Waals surface area contributed by atoms with E-state index in [0.29, 0.717) is 15.9 Å². The van der Waals surface area contributed by atoms with Crippen LogP contribution in [0.15, 0.2) is 58.8 Å². The van der Waals surface area contributed by atoms with Crippen LogP contribution >= 0.6 is 11.8 Å². The van der Waals surface area contributed by atoms with Crippen molar-refractivity contribution in [2.24, 2.45) is 0 Å². The first-order valence-electron chi connectivity index (χ1n) is 6.48. The van der Waals surface area contributed by atoms with E-state index in [0.717, 1.165) is 5.69 Å². The lowest BCUT2D eigenvalue weighted by atomic mass is 10.3. The van der Waals surface area contributed by atoms with Crippen molar-refractivity contribution in [1.29, 1.82) is 0 Å². The largest absolute Gasteiger partial charge is 0.324 e. The highest BCUT2D eigenvalue weighted by atomic mass is 32.2. The van der Waals surface area contributed by atoms with Gasteiger partial charge in [0.15, 0.2) is 0 Å². The fourth-order valence-corrected chi connectivity index (χ4v) is 2.64. The molecule has 0 unspecified atom stereocenters. The minimum Gasteiger partial charge on any atom is -0.324 e. The Hall–Kier alpha value is -2.74. The normalized spacial score (nSPS) is 10.4. The van der Waals surface area contributed by atoms with Gasteiger partial charge in [-0.25, -0.2) is 4.98 Å². The van der Waals surface area contributed by atoms with Crippen LogP contribution in [0.1, 0.15) is 6.92 Å². The average Bonchev–Trinajstić information content (AvgIpc) is 2.98. The van der Waals surface area contributed by atoms with Gasteiger partial charge in [-0.3, -0.25) is 4.79 Å². The van der Waals surface area contributed by atoms with Crippen LogP contribution in [0, 0.1) is 0 Å². The summed E-state index contributed by atoms with van der Waals surface area (Å²) in [5, 5.41) is 15.7. The van der Waals surface area contributed by atoms with E-state index in [4.69, 9.17) is 0 Å². The van der Waals surface area contributed by atoms with Crippen LogP contribution in [0.2, 0.25) is 0 Å². The molecular weight excluding hydrogens is 300 g/mol. The first kappa shape index (κ1) is 14.2. The SMILES string of the molecule is CC(=O)Nc1cccnc1Sc1nnnn1-c1ccccc1. The molecule has 8 heteroatoms. The highest BCUT2D eigenvalue weighted by Crippen LogP contribution is 2.30. The Morgan fingerprint density at radius 2 is 2.00 bits per heavy atom. The maximum atomic E-state index is 11.3. The number of carbonyl (C=O) groups excluding carboxylic acids is 1. The summed E-state index contributed by atoms with van der Waals surface area (Å²) in [6, 6.07) is 13.1. The van der Waals surface area contributed by atoms with E-state index in [2.05, 4.69) is 25.8 Å². The van der Waals surface area contributed by atoms with Crippen LogP contribution in [0.4, 0.5) is 5.69 Å². The Kier molecular flexibility index (Phi) is 4.10. The summed E-state index contributed by atoms with van der Waals surface area (Å²) in [7, 11) is 0. The molecule has 22 heavy (non-hydrogen) atoms. The van der Waals surface area contributed by atoms with Gasteiger partial charge >= 0.3 is 0 Å². The summed E-state index contributed by atoms with van der Waals surface area (Å²) >= 11 is 1.29. The van der Waals surface area contributed by atoms with E-state index >= 15 is 0 Å². The molecule has 0 radical (unpaired) electrons. The molecule has 1 aromatic carbocycles. The Morgan fingerprint density at radius 3 is 2.77 bits per heavy atom. The third kappa shape index (κ3) is 3.12. The smallest absolute Gasteiger partial charge is 0.221 e. The molecule has 110 valence electrons. The van der Waals surface area contributed by atoms with Crippen molar-refractivity contribution in [3.63, 3.8) is 0 Å². The second-order valence-electron chi connectivity index (χ2n) is 4.35. The van der Waals surface area contributed by atoms with Crippen molar-refractivity contribution in [2.75, 3.05) is 5.32 Å². The molecular formula is C14H12N6OS. The van der Waals surface area contributed by atoms with Crippen LogP contribution < -0.4 is 5.32 Å². The molecule has 1 amide bonds. The second-order valence-corrected chi connectivity index (χ2v) is 5.30. The van der Waals surface area contributed by atoms with Gasteiger partial charge in [-0.05, 0) is 46.5 Å². The number of nitrogens with zero attached hydrogens (tertiary/aromatic N) is 5. The maximum Gasteiger partial charge on any atom is 0.221 e. The van der Waals surface area contributed by atoms with Crippen molar-refractivity contribution in [2.45, 2.75) is 17.1 Å². The standard InChI is InChI=1S/C14H12N6OS/c1-10(21)16-12-8-5-9-15-13(12)22-14-17-18-19-20(14)11-6-3-2-4-7-11/h2-9H,1H3,(H,16,21). The molecule has 2 aromatic heterocycles. The average molecular weight is 312 g/mol. The molecule has 0 aliphatic rings. The first-order valence-corrected chi connectivity index (χ1v) is 7.30. The highest BCUT2D eigenvalue weighted by molar-refractivity contribution is 7.99. The molecule has 0 aliphatic carbocycles. The minimum absolute atomic E-state index is 0.155. The Bertz CT molecular complexity index is 789. The molecule has 0 aliphatic heterocycles. The van der Waals surface area contributed by atoms with Crippen LogP contribution in [0.25, 0.3) is 5.69 Å². The second kappa shape index (κ2) is 6.35. The number of hydrogen-bond acceptors (Lipinski definition) is 6. The fraction of sp³-hybridized carbons (Fsp3) is 0.0714. The van der Waals surface area contributed by atoms with Gasteiger partial charge in [0, 0.05) is 13.1 Å². The number of pyridine rings is 1. The zero-order valence-corrected chi connectivity index (χ0v) is 12.5. The van der Waals surface area contributed by atoms with Crippen LogP contribution in [0.3, 0.4) is 0 Å². The predicted octanol–water partition coefficient (Wildman–Crippen LogP) is 2.17. The summed E-state index contributed by atoms with van der Waals surface area (Å²) in [6.07, 6.45) is 1.66. The Labute approximate surface area is 130 Å². The molecule has 7 nitrogen and oxygen atoms in total. The van der Waals surface area contributed by atoms with E-state index < -0.39 is 0 Å². The lowest BCUT2D eigenvalue weighted by Gasteiger charge is -2.08. The van der Waals surface area contributed by atoms with Gasteiger partial charge in [0.25, 0.3) is 0 Å². The van der Waals surface area contributed by atoms with Crippen molar-refractivity contribution in [3.05, 3.63) is 48.7 Å². The molecule has 0 spiro atoms. The quantitative estimate of drug-likeness (QED) is 0.794.